The number of anilines is 1. The summed E-state index contributed by atoms with van der Waals surface area (Å²) in [4.78, 5) is 8.41. The maximum Gasteiger partial charge on any atom is 0.234 e. The molecule has 0 aliphatic carbocycles. The minimum absolute atomic E-state index is 0.212. The van der Waals surface area contributed by atoms with Crippen LogP contribution in [0.4, 0.5) is 5.82 Å². The van der Waals surface area contributed by atoms with Crippen LogP contribution >= 0.6 is 0 Å². The molecule has 1 aromatic rings. The molecule has 1 atom stereocenters. The van der Waals surface area contributed by atoms with Gasteiger partial charge in [-0.15, -0.1) is 0 Å². The fourth-order valence-electron chi connectivity index (χ4n) is 1.71. The first-order valence-corrected chi connectivity index (χ1v) is 6.19. The molecule has 0 bridgehead atoms. The van der Waals surface area contributed by atoms with Gasteiger partial charge in [0.15, 0.2) is 0 Å². The summed E-state index contributed by atoms with van der Waals surface area (Å²) in [7, 11) is 0. The Hall–Kier alpha value is -1.36. The third-order valence-electron chi connectivity index (χ3n) is 2.61. The zero-order valence-electron chi connectivity index (χ0n) is 10.2. The van der Waals surface area contributed by atoms with E-state index >= 15 is 0 Å². The Balaban J connectivity index is 1.82. The quantitative estimate of drug-likeness (QED) is 0.818. The average Bonchev–Trinajstić information content (AvgIpc) is 2.87. The molecule has 0 spiro atoms. The monoisotopic (exact) mass is 237 g/mol. The van der Waals surface area contributed by atoms with E-state index in [1.807, 2.05) is 0 Å². The maximum atomic E-state index is 5.57. The highest BCUT2D eigenvalue weighted by Gasteiger charge is 2.16. The Morgan fingerprint density at radius 2 is 2.47 bits per heavy atom. The molecule has 5 heteroatoms. The zero-order valence-corrected chi connectivity index (χ0v) is 10.2. The molecule has 1 N–H and O–H groups in total. The summed E-state index contributed by atoms with van der Waals surface area (Å²) in [5.41, 5.74) is 0. The first-order chi connectivity index (χ1) is 8.38. The standard InChI is InChI=1S/C12H19N3O2/c1-2-5-14-11-7-13-8-12(15-11)17-9-10-4-3-6-16-10/h7-8,10H,2-6,9H2,1H3,(H,14,15). The molecule has 0 radical (unpaired) electrons. The van der Waals surface area contributed by atoms with Gasteiger partial charge in [-0.25, -0.2) is 0 Å². The van der Waals surface area contributed by atoms with Gasteiger partial charge in [0.2, 0.25) is 5.88 Å². The summed E-state index contributed by atoms with van der Waals surface area (Å²) in [6.45, 7) is 4.41. The van der Waals surface area contributed by atoms with Gasteiger partial charge in [0.05, 0.1) is 18.5 Å². The van der Waals surface area contributed by atoms with Gasteiger partial charge in [-0.2, -0.15) is 4.98 Å². The van der Waals surface area contributed by atoms with Crippen LogP contribution in [-0.4, -0.2) is 35.8 Å². The zero-order chi connectivity index (χ0) is 11.9. The minimum Gasteiger partial charge on any atom is -0.474 e. The second kappa shape index (κ2) is 6.39. The minimum atomic E-state index is 0.212. The van der Waals surface area contributed by atoms with Crippen LogP contribution < -0.4 is 10.1 Å². The van der Waals surface area contributed by atoms with E-state index in [4.69, 9.17) is 9.47 Å². The fourth-order valence-corrected chi connectivity index (χ4v) is 1.71. The average molecular weight is 237 g/mol. The van der Waals surface area contributed by atoms with Crippen molar-refractivity contribution in [1.82, 2.24) is 9.97 Å². The van der Waals surface area contributed by atoms with Crippen LogP contribution in [0.3, 0.4) is 0 Å². The molecule has 0 amide bonds. The number of aromatic nitrogens is 2. The van der Waals surface area contributed by atoms with Gasteiger partial charge >= 0.3 is 0 Å². The van der Waals surface area contributed by atoms with Crippen LogP contribution in [0.1, 0.15) is 26.2 Å². The molecule has 1 aliphatic rings. The summed E-state index contributed by atoms with van der Waals surface area (Å²) >= 11 is 0. The Bertz CT molecular complexity index is 340. The number of hydrogen-bond acceptors (Lipinski definition) is 5. The largest absolute Gasteiger partial charge is 0.474 e. The summed E-state index contributed by atoms with van der Waals surface area (Å²) in [5.74, 6) is 1.32. The van der Waals surface area contributed by atoms with Gasteiger partial charge in [-0.1, -0.05) is 6.92 Å². The summed E-state index contributed by atoms with van der Waals surface area (Å²) in [6, 6.07) is 0. The van der Waals surface area contributed by atoms with Crippen LogP contribution in [-0.2, 0) is 4.74 Å². The SMILES string of the molecule is CCCNc1cncc(OCC2CCCO2)n1. The molecule has 0 aromatic carbocycles. The third kappa shape index (κ3) is 3.85. The van der Waals surface area contributed by atoms with Crippen LogP contribution in [0.15, 0.2) is 12.4 Å². The molecule has 1 unspecified atom stereocenters. The van der Waals surface area contributed by atoms with Crippen molar-refractivity contribution in [3.05, 3.63) is 12.4 Å². The lowest BCUT2D eigenvalue weighted by molar-refractivity contribution is 0.0662. The Labute approximate surface area is 102 Å². The number of rotatable bonds is 6. The van der Waals surface area contributed by atoms with Crippen molar-refractivity contribution in [3.8, 4) is 5.88 Å². The van der Waals surface area contributed by atoms with Gasteiger partial charge in [0.25, 0.3) is 0 Å². The van der Waals surface area contributed by atoms with Crippen molar-refractivity contribution in [1.29, 1.82) is 0 Å². The van der Waals surface area contributed by atoms with Gasteiger partial charge in [0, 0.05) is 13.2 Å². The molecule has 1 aromatic heterocycles. The number of hydrogen-bond donors (Lipinski definition) is 1. The molecule has 94 valence electrons. The first-order valence-electron chi connectivity index (χ1n) is 6.19. The molecular weight excluding hydrogens is 218 g/mol. The molecule has 5 nitrogen and oxygen atoms in total. The highest BCUT2D eigenvalue weighted by atomic mass is 16.5. The van der Waals surface area contributed by atoms with Crippen molar-refractivity contribution in [3.63, 3.8) is 0 Å². The van der Waals surface area contributed by atoms with Gasteiger partial charge in [-0.3, -0.25) is 4.98 Å². The van der Waals surface area contributed by atoms with Crippen molar-refractivity contribution in [2.24, 2.45) is 0 Å². The first kappa shape index (κ1) is 12.1. The van der Waals surface area contributed by atoms with E-state index in [1.165, 1.54) is 0 Å². The van der Waals surface area contributed by atoms with Crippen molar-refractivity contribution >= 4 is 5.82 Å². The van der Waals surface area contributed by atoms with E-state index in [0.717, 1.165) is 38.2 Å². The molecule has 1 saturated heterocycles. The molecule has 17 heavy (non-hydrogen) atoms. The van der Waals surface area contributed by atoms with Crippen LogP contribution in [0.5, 0.6) is 5.88 Å². The lowest BCUT2D eigenvalue weighted by Gasteiger charge is -2.11. The van der Waals surface area contributed by atoms with E-state index in [9.17, 15) is 0 Å². The van der Waals surface area contributed by atoms with Crippen LogP contribution in [0.2, 0.25) is 0 Å². The van der Waals surface area contributed by atoms with E-state index in [1.54, 1.807) is 12.4 Å². The topological polar surface area (TPSA) is 56.3 Å². The Morgan fingerprint density at radius 3 is 3.24 bits per heavy atom. The number of nitrogens with zero attached hydrogens (tertiary/aromatic N) is 2. The van der Waals surface area contributed by atoms with Gasteiger partial charge in [-0.05, 0) is 19.3 Å². The molecule has 2 rings (SSSR count). The highest BCUT2D eigenvalue weighted by molar-refractivity contribution is 5.32. The van der Waals surface area contributed by atoms with Crippen molar-refractivity contribution in [2.75, 3.05) is 25.1 Å². The lowest BCUT2D eigenvalue weighted by Crippen LogP contribution is -2.17. The Morgan fingerprint density at radius 1 is 1.53 bits per heavy atom. The van der Waals surface area contributed by atoms with Crippen molar-refractivity contribution < 1.29 is 9.47 Å². The highest BCUT2D eigenvalue weighted by Crippen LogP contribution is 2.14. The number of nitrogens with one attached hydrogen (secondary N) is 1. The van der Waals surface area contributed by atoms with Gasteiger partial charge in [0.1, 0.15) is 12.4 Å². The number of ether oxygens (including phenoxy) is 2. The lowest BCUT2D eigenvalue weighted by atomic mass is 10.2. The molecule has 0 saturated carbocycles. The van der Waals surface area contributed by atoms with Crippen LogP contribution in [0, 0.1) is 0 Å². The van der Waals surface area contributed by atoms with E-state index in [-0.39, 0.29) is 6.10 Å². The van der Waals surface area contributed by atoms with Gasteiger partial charge < -0.3 is 14.8 Å². The maximum absolute atomic E-state index is 5.57. The molecular formula is C12H19N3O2. The van der Waals surface area contributed by atoms with E-state index in [2.05, 4.69) is 22.2 Å². The second-order valence-corrected chi connectivity index (χ2v) is 4.12. The van der Waals surface area contributed by atoms with Crippen LogP contribution in [0.25, 0.3) is 0 Å². The third-order valence-corrected chi connectivity index (χ3v) is 2.61. The molecule has 1 aliphatic heterocycles. The molecule has 1 fully saturated rings. The smallest absolute Gasteiger partial charge is 0.234 e. The fraction of sp³-hybridized carbons (Fsp3) is 0.667. The molecule has 2 heterocycles. The second-order valence-electron chi connectivity index (χ2n) is 4.12. The van der Waals surface area contributed by atoms with E-state index in [0.29, 0.717) is 12.5 Å². The van der Waals surface area contributed by atoms with E-state index < -0.39 is 0 Å². The Kier molecular flexibility index (Phi) is 4.55. The predicted molar refractivity (Wildman–Crippen MR) is 65.3 cm³/mol. The summed E-state index contributed by atoms with van der Waals surface area (Å²) in [6.07, 6.45) is 6.80. The normalized spacial score (nSPS) is 19.2. The van der Waals surface area contributed by atoms with Crippen molar-refractivity contribution in [2.45, 2.75) is 32.3 Å². The summed E-state index contributed by atoms with van der Waals surface area (Å²) in [5, 5.41) is 3.18. The summed E-state index contributed by atoms with van der Waals surface area (Å²) < 4.78 is 11.1. The predicted octanol–water partition coefficient (Wildman–Crippen LogP) is 1.86.